The Morgan fingerprint density at radius 3 is 2.72 bits per heavy atom. The molecule has 0 bridgehead atoms. The quantitative estimate of drug-likeness (QED) is 0.499. The average Bonchev–Trinajstić information content (AvgIpc) is 3.43. The summed E-state index contributed by atoms with van der Waals surface area (Å²) in [5.74, 6) is 0.890. The lowest BCUT2D eigenvalue weighted by Crippen LogP contribution is -2.37. The number of amides is 1. The van der Waals surface area contributed by atoms with Gasteiger partial charge in [0.15, 0.2) is 11.5 Å². The molecule has 1 saturated heterocycles. The van der Waals surface area contributed by atoms with Crippen LogP contribution in [0.2, 0.25) is 0 Å². The Balaban J connectivity index is 1.33. The minimum Gasteiger partial charge on any atom is -0.339 e. The van der Waals surface area contributed by atoms with Crippen molar-refractivity contribution < 1.29 is 9.18 Å². The fraction of sp³-hybridized carbons (Fsp3) is 0.227. The maximum Gasteiger partial charge on any atom is 0.254 e. The van der Waals surface area contributed by atoms with Gasteiger partial charge in [-0.05, 0) is 54.1 Å². The number of piperidine rings is 1. The van der Waals surface area contributed by atoms with Crippen LogP contribution in [0, 0.1) is 5.82 Å². The smallest absolute Gasteiger partial charge is 0.254 e. The summed E-state index contributed by atoms with van der Waals surface area (Å²) in [4.78, 5) is 19.1. The molecule has 1 aliphatic rings. The molecule has 5 rings (SSSR count). The van der Waals surface area contributed by atoms with E-state index in [1.165, 1.54) is 12.1 Å². The monoisotopic (exact) mass is 406 g/mol. The predicted octanol–water partition coefficient (Wildman–Crippen LogP) is 4.62. The van der Waals surface area contributed by atoms with Crippen LogP contribution in [0.1, 0.15) is 34.9 Å². The van der Waals surface area contributed by atoms with Crippen molar-refractivity contribution in [3.8, 4) is 11.1 Å². The maximum absolute atomic E-state index is 13.5. The first kappa shape index (κ1) is 18.0. The Morgan fingerprint density at radius 1 is 1.10 bits per heavy atom. The molecule has 5 nitrogen and oxygen atoms in total. The maximum atomic E-state index is 13.5. The van der Waals surface area contributed by atoms with Crippen molar-refractivity contribution in [2.45, 2.75) is 18.8 Å². The third-order valence-electron chi connectivity index (χ3n) is 5.42. The van der Waals surface area contributed by atoms with E-state index in [0.717, 1.165) is 41.0 Å². The van der Waals surface area contributed by atoms with Crippen molar-refractivity contribution in [2.24, 2.45) is 0 Å². The second kappa shape index (κ2) is 7.40. The molecule has 0 radical (unpaired) electrons. The molecule has 4 aromatic rings. The summed E-state index contributed by atoms with van der Waals surface area (Å²) in [5, 5.41) is 8.50. The largest absolute Gasteiger partial charge is 0.339 e. The van der Waals surface area contributed by atoms with E-state index in [1.54, 1.807) is 21.9 Å². The summed E-state index contributed by atoms with van der Waals surface area (Å²) in [5.41, 5.74) is 3.25. The number of nitrogens with zero attached hydrogens (tertiary/aromatic N) is 4. The molecule has 0 N–H and O–H groups in total. The van der Waals surface area contributed by atoms with Crippen molar-refractivity contribution in [3.05, 3.63) is 76.6 Å². The molecule has 1 fully saturated rings. The standard InChI is InChI=1S/C22H19FN4OS/c23-19-3-1-2-16(12-19)17-4-5-20-24-21(25-27(20)13-17)15-6-9-26(10-7-15)22(28)18-8-11-29-14-18/h1-5,8,11-15H,6-7,9-10H2. The summed E-state index contributed by atoms with van der Waals surface area (Å²) < 4.78 is 15.3. The summed E-state index contributed by atoms with van der Waals surface area (Å²) in [7, 11) is 0. The zero-order valence-corrected chi connectivity index (χ0v) is 16.5. The molecule has 146 valence electrons. The van der Waals surface area contributed by atoms with Crippen LogP contribution in [0.25, 0.3) is 16.8 Å². The van der Waals surface area contributed by atoms with Crippen LogP contribution in [-0.2, 0) is 0 Å². The van der Waals surface area contributed by atoms with Crippen LogP contribution in [0.4, 0.5) is 4.39 Å². The molecule has 4 heterocycles. The number of fused-ring (bicyclic) bond motifs is 1. The van der Waals surface area contributed by atoms with Crippen LogP contribution in [0.15, 0.2) is 59.4 Å². The van der Waals surface area contributed by atoms with Gasteiger partial charge in [-0.3, -0.25) is 4.79 Å². The fourth-order valence-electron chi connectivity index (χ4n) is 3.82. The molecule has 1 aliphatic heterocycles. The van der Waals surface area contributed by atoms with E-state index < -0.39 is 0 Å². The number of thiophene rings is 1. The van der Waals surface area contributed by atoms with E-state index in [2.05, 4.69) is 10.1 Å². The van der Waals surface area contributed by atoms with Crippen molar-refractivity contribution >= 4 is 22.9 Å². The molecule has 3 aromatic heterocycles. The molecule has 0 unspecified atom stereocenters. The molecule has 7 heteroatoms. The number of halogens is 1. The first-order chi connectivity index (χ1) is 14.2. The highest BCUT2D eigenvalue weighted by atomic mass is 32.1. The van der Waals surface area contributed by atoms with Gasteiger partial charge in [0.05, 0.1) is 5.56 Å². The van der Waals surface area contributed by atoms with Gasteiger partial charge in [0, 0.05) is 36.1 Å². The highest BCUT2D eigenvalue weighted by Crippen LogP contribution is 2.28. The van der Waals surface area contributed by atoms with Crippen LogP contribution >= 0.6 is 11.3 Å². The Morgan fingerprint density at radius 2 is 1.97 bits per heavy atom. The first-order valence-corrected chi connectivity index (χ1v) is 10.6. The van der Waals surface area contributed by atoms with Gasteiger partial charge >= 0.3 is 0 Å². The molecular weight excluding hydrogens is 387 g/mol. The van der Waals surface area contributed by atoms with Crippen molar-refractivity contribution in [1.82, 2.24) is 19.5 Å². The second-order valence-corrected chi connectivity index (χ2v) is 8.06. The number of rotatable bonds is 3. The number of carbonyl (C=O) groups excluding carboxylic acids is 1. The van der Waals surface area contributed by atoms with E-state index >= 15 is 0 Å². The molecule has 1 amide bonds. The molecular formula is C22H19FN4OS. The lowest BCUT2D eigenvalue weighted by atomic mass is 9.96. The molecule has 0 aliphatic carbocycles. The minimum atomic E-state index is -0.259. The van der Waals surface area contributed by atoms with Crippen molar-refractivity contribution in [2.75, 3.05) is 13.1 Å². The highest BCUT2D eigenvalue weighted by molar-refractivity contribution is 7.08. The van der Waals surface area contributed by atoms with E-state index in [-0.39, 0.29) is 17.6 Å². The number of carbonyl (C=O) groups is 1. The first-order valence-electron chi connectivity index (χ1n) is 9.61. The minimum absolute atomic E-state index is 0.104. The van der Waals surface area contributed by atoms with Crippen LogP contribution in [-0.4, -0.2) is 38.5 Å². The SMILES string of the molecule is O=C(c1ccsc1)N1CCC(c2nc3ccc(-c4cccc(F)c4)cn3n2)CC1. The highest BCUT2D eigenvalue weighted by Gasteiger charge is 2.27. The van der Waals surface area contributed by atoms with Crippen molar-refractivity contribution in [1.29, 1.82) is 0 Å². The van der Waals surface area contributed by atoms with Gasteiger partial charge in [0.25, 0.3) is 5.91 Å². The van der Waals surface area contributed by atoms with Gasteiger partial charge < -0.3 is 4.90 Å². The Bertz CT molecular complexity index is 1160. The summed E-state index contributed by atoms with van der Waals surface area (Å²) in [6, 6.07) is 12.2. The number of likely N-dealkylation sites (tertiary alicyclic amines) is 1. The summed E-state index contributed by atoms with van der Waals surface area (Å²) >= 11 is 1.54. The normalized spacial score (nSPS) is 15.1. The number of aromatic nitrogens is 3. The van der Waals surface area contributed by atoms with Crippen LogP contribution < -0.4 is 0 Å². The third kappa shape index (κ3) is 3.53. The summed E-state index contributed by atoms with van der Waals surface area (Å²) in [6.45, 7) is 1.42. The Hall–Kier alpha value is -3.06. The third-order valence-corrected chi connectivity index (χ3v) is 6.10. The van der Waals surface area contributed by atoms with Crippen LogP contribution in [0.3, 0.4) is 0 Å². The molecule has 29 heavy (non-hydrogen) atoms. The van der Waals surface area contributed by atoms with E-state index in [9.17, 15) is 9.18 Å². The number of pyridine rings is 1. The molecule has 0 atom stereocenters. The molecule has 0 saturated carbocycles. The molecule has 0 spiro atoms. The number of hydrogen-bond acceptors (Lipinski definition) is 4. The van der Waals surface area contributed by atoms with Gasteiger partial charge in [0.1, 0.15) is 5.82 Å². The average molecular weight is 406 g/mol. The van der Waals surface area contributed by atoms with Crippen LogP contribution in [0.5, 0.6) is 0 Å². The fourth-order valence-corrected chi connectivity index (χ4v) is 4.45. The van der Waals surface area contributed by atoms with E-state index in [0.29, 0.717) is 13.1 Å². The zero-order valence-electron chi connectivity index (χ0n) is 15.7. The molecule has 1 aromatic carbocycles. The van der Waals surface area contributed by atoms with Gasteiger partial charge in [-0.25, -0.2) is 13.9 Å². The second-order valence-electron chi connectivity index (χ2n) is 7.28. The van der Waals surface area contributed by atoms with E-state index in [4.69, 9.17) is 0 Å². The lowest BCUT2D eigenvalue weighted by molar-refractivity contribution is 0.0711. The van der Waals surface area contributed by atoms with Gasteiger partial charge in [-0.2, -0.15) is 16.4 Å². The summed E-state index contributed by atoms with van der Waals surface area (Å²) in [6.07, 6.45) is 3.59. The van der Waals surface area contributed by atoms with Gasteiger partial charge in [0.2, 0.25) is 0 Å². The lowest BCUT2D eigenvalue weighted by Gasteiger charge is -2.30. The zero-order chi connectivity index (χ0) is 19.8. The Kier molecular flexibility index (Phi) is 4.60. The van der Waals surface area contributed by atoms with Gasteiger partial charge in [-0.1, -0.05) is 12.1 Å². The van der Waals surface area contributed by atoms with Crippen molar-refractivity contribution in [3.63, 3.8) is 0 Å². The Labute approximate surface area is 171 Å². The number of hydrogen-bond donors (Lipinski definition) is 0. The topological polar surface area (TPSA) is 50.5 Å². The predicted molar refractivity (Wildman–Crippen MR) is 111 cm³/mol. The van der Waals surface area contributed by atoms with E-state index in [1.807, 2.05) is 46.1 Å². The van der Waals surface area contributed by atoms with Gasteiger partial charge in [-0.15, -0.1) is 0 Å². The number of benzene rings is 1.